The van der Waals surface area contributed by atoms with Gasteiger partial charge in [-0.05, 0) is 19.1 Å². The first kappa shape index (κ1) is 11.8. The molecule has 0 atom stereocenters. The highest BCUT2D eigenvalue weighted by atomic mass is 16.5. The van der Waals surface area contributed by atoms with E-state index in [1.165, 1.54) is 13.2 Å². The number of pyridine rings is 1. The fraction of sp³-hybridized carbons (Fsp3) is 0.222. The Morgan fingerprint density at radius 2 is 2.25 bits per heavy atom. The third-order valence-corrected chi connectivity index (χ3v) is 1.78. The average molecular weight is 221 g/mol. The quantitative estimate of drug-likeness (QED) is 0.192. The van der Waals surface area contributed by atoms with Crippen LogP contribution in [0.15, 0.2) is 22.5 Å². The molecule has 1 aromatic rings. The second-order valence-corrected chi connectivity index (χ2v) is 2.94. The van der Waals surface area contributed by atoms with Gasteiger partial charge in [-0.1, -0.05) is 5.22 Å². The van der Waals surface area contributed by atoms with E-state index >= 15 is 0 Å². The number of amidine groups is 1. The maximum atomic E-state index is 11.3. The molecule has 0 spiro atoms. The van der Waals surface area contributed by atoms with Gasteiger partial charge in [-0.25, -0.2) is 9.78 Å². The lowest BCUT2D eigenvalue weighted by molar-refractivity contribution is 0.0594. The smallest absolute Gasteiger partial charge is 0.356 e. The molecule has 3 N–H and O–H groups in total. The molecule has 0 aliphatic carbocycles. The van der Waals surface area contributed by atoms with E-state index in [1.807, 2.05) is 0 Å². The van der Waals surface area contributed by atoms with Gasteiger partial charge in [0, 0.05) is 11.3 Å². The summed E-state index contributed by atoms with van der Waals surface area (Å²) in [4.78, 5) is 15.2. The van der Waals surface area contributed by atoms with E-state index in [9.17, 15) is 4.79 Å². The predicted octanol–water partition coefficient (Wildman–Crippen LogP) is 0.828. The zero-order chi connectivity index (χ0) is 12.1. The van der Waals surface area contributed by atoms with E-state index in [0.29, 0.717) is 11.3 Å². The fourth-order valence-corrected chi connectivity index (χ4v) is 1.13. The maximum Gasteiger partial charge on any atom is 0.356 e. The monoisotopic (exact) mass is 221 g/mol. The number of hydrogen-bond acceptors (Lipinski definition) is 5. The van der Waals surface area contributed by atoms with Gasteiger partial charge in [0.15, 0.2) is 5.84 Å². The molecule has 0 saturated carbocycles. The van der Waals surface area contributed by atoms with Crippen LogP contribution in [0, 0.1) is 12.3 Å². The number of carbonyl (C=O) groups excluding carboxylic acids is 1. The molecule has 0 amide bonds. The molecule has 1 heterocycles. The van der Waals surface area contributed by atoms with Crippen LogP contribution in [0.25, 0.3) is 0 Å². The summed E-state index contributed by atoms with van der Waals surface area (Å²) in [6.07, 6.45) is 0. The molecule has 7 nitrogen and oxygen atoms in total. The molecule has 0 aliphatic rings. The standard InChI is InChI=1S/C9H11N5O2/c1-5-3-6(8(10)13-14-11)4-7(12-5)9(15)16-2/h3-4H,1-2H3,(H3,10,11,13). The van der Waals surface area contributed by atoms with E-state index in [-0.39, 0.29) is 11.5 Å². The summed E-state index contributed by atoms with van der Waals surface area (Å²) < 4.78 is 4.54. The van der Waals surface area contributed by atoms with E-state index in [0.717, 1.165) is 0 Å². The van der Waals surface area contributed by atoms with Crippen LogP contribution in [0.2, 0.25) is 0 Å². The van der Waals surface area contributed by atoms with E-state index in [4.69, 9.17) is 11.3 Å². The summed E-state index contributed by atoms with van der Waals surface area (Å²) in [6.45, 7) is 1.70. The average Bonchev–Trinajstić information content (AvgIpc) is 2.27. The third kappa shape index (κ3) is 2.59. The summed E-state index contributed by atoms with van der Waals surface area (Å²) in [7, 11) is 1.26. The first-order valence-corrected chi connectivity index (χ1v) is 4.35. The minimum atomic E-state index is -0.567. The van der Waals surface area contributed by atoms with Crippen molar-refractivity contribution < 1.29 is 9.53 Å². The Morgan fingerprint density at radius 3 is 2.81 bits per heavy atom. The molecule has 16 heavy (non-hydrogen) atoms. The topological polar surface area (TPSA) is 114 Å². The van der Waals surface area contributed by atoms with Crippen LogP contribution in [0.1, 0.15) is 21.7 Å². The van der Waals surface area contributed by atoms with E-state index < -0.39 is 5.97 Å². The minimum Gasteiger partial charge on any atom is -0.464 e. The lowest BCUT2D eigenvalue weighted by Gasteiger charge is -2.03. The highest BCUT2D eigenvalue weighted by molar-refractivity contribution is 5.99. The van der Waals surface area contributed by atoms with Crippen molar-refractivity contribution in [2.45, 2.75) is 6.92 Å². The summed E-state index contributed by atoms with van der Waals surface area (Å²) in [6, 6.07) is 3.00. The van der Waals surface area contributed by atoms with Crippen molar-refractivity contribution in [1.82, 2.24) is 4.98 Å². The van der Waals surface area contributed by atoms with Crippen LogP contribution in [0.3, 0.4) is 0 Å². The highest BCUT2D eigenvalue weighted by Crippen LogP contribution is 2.08. The second kappa shape index (κ2) is 4.96. The first-order valence-electron chi connectivity index (χ1n) is 4.35. The minimum absolute atomic E-state index is 0.120. The van der Waals surface area contributed by atoms with Gasteiger partial charge in [-0.3, -0.25) is 5.41 Å². The molecule has 1 rings (SSSR count). The SMILES string of the molecule is COC(=O)c1cc(C(=N)N=NN)cc(C)n1. The molecule has 0 bridgehead atoms. The molecule has 7 heteroatoms. The zero-order valence-corrected chi connectivity index (χ0v) is 8.89. The lowest BCUT2D eigenvalue weighted by Crippen LogP contribution is -2.08. The molecule has 1 aromatic heterocycles. The number of nitrogens with zero attached hydrogens (tertiary/aromatic N) is 3. The number of hydrogen-bond donors (Lipinski definition) is 2. The number of aryl methyl sites for hydroxylation is 1. The number of rotatable bonds is 2. The summed E-state index contributed by atoms with van der Waals surface area (Å²) >= 11 is 0. The first-order chi connectivity index (χ1) is 7.58. The van der Waals surface area contributed by atoms with Gasteiger partial charge in [0.1, 0.15) is 5.69 Å². The second-order valence-electron chi connectivity index (χ2n) is 2.94. The van der Waals surface area contributed by atoms with E-state index in [1.54, 1.807) is 13.0 Å². The Labute approximate surface area is 91.8 Å². The van der Waals surface area contributed by atoms with Crippen LogP contribution in [-0.2, 0) is 4.74 Å². The Bertz CT molecular complexity index is 455. The fourth-order valence-electron chi connectivity index (χ4n) is 1.13. The molecule has 0 unspecified atom stereocenters. The van der Waals surface area contributed by atoms with Gasteiger partial charge in [-0.2, -0.15) is 0 Å². The van der Waals surface area contributed by atoms with Gasteiger partial charge in [0.05, 0.1) is 7.11 Å². The molecule has 0 aliphatic heterocycles. The van der Waals surface area contributed by atoms with Crippen LogP contribution in [0.5, 0.6) is 0 Å². The molecule has 84 valence electrons. The highest BCUT2D eigenvalue weighted by Gasteiger charge is 2.11. The number of methoxy groups -OCH3 is 1. The van der Waals surface area contributed by atoms with Crippen molar-refractivity contribution >= 4 is 11.8 Å². The van der Waals surface area contributed by atoms with Crippen molar-refractivity contribution in [3.05, 3.63) is 29.1 Å². The Hall–Kier alpha value is -2.31. The number of esters is 1. The molecular formula is C9H11N5O2. The van der Waals surface area contributed by atoms with Gasteiger partial charge >= 0.3 is 5.97 Å². The van der Waals surface area contributed by atoms with Crippen LogP contribution < -0.4 is 5.84 Å². The summed E-state index contributed by atoms with van der Waals surface area (Å²) in [5.41, 5.74) is 1.10. The molecular weight excluding hydrogens is 210 g/mol. The summed E-state index contributed by atoms with van der Waals surface area (Å²) in [5, 5.41) is 13.9. The number of ether oxygens (including phenoxy) is 1. The van der Waals surface area contributed by atoms with Crippen LogP contribution in [-0.4, -0.2) is 23.9 Å². The van der Waals surface area contributed by atoms with Gasteiger partial charge in [0.2, 0.25) is 0 Å². The van der Waals surface area contributed by atoms with Crippen LogP contribution in [0.4, 0.5) is 0 Å². The lowest BCUT2D eigenvalue weighted by atomic mass is 10.2. The van der Waals surface area contributed by atoms with E-state index in [2.05, 4.69) is 20.1 Å². The molecule has 0 saturated heterocycles. The van der Waals surface area contributed by atoms with Crippen molar-refractivity contribution in [3.63, 3.8) is 0 Å². The number of carbonyl (C=O) groups is 1. The summed E-state index contributed by atoms with van der Waals surface area (Å²) in [5.74, 6) is 4.13. The Kier molecular flexibility index (Phi) is 3.65. The Balaban J connectivity index is 3.17. The largest absolute Gasteiger partial charge is 0.464 e. The van der Waals surface area contributed by atoms with Gasteiger partial charge in [-0.15, -0.1) is 5.11 Å². The van der Waals surface area contributed by atoms with Crippen molar-refractivity contribution in [1.29, 1.82) is 5.41 Å². The third-order valence-electron chi connectivity index (χ3n) is 1.78. The molecule has 0 aromatic carbocycles. The van der Waals surface area contributed by atoms with Gasteiger partial charge < -0.3 is 10.6 Å². The number of nitrogens with two attached hydrogens (primary N) is 1. The molecule has 0 radical (unpaired) electrons. The number of nitrogens with one attached hydrogen (secondary N) is 1. The Morgan fingerprint density at radius 1 is 1.56 bits per heavy atom. The maximum absolute atomic E-state index is 11.3. The van der Waals surface area contributed by atoms with Crippen LogP contribution >= 0.6 is 0 Å². The van der Waals surface area contributed by atoms with Crippen molar-refractivity contribution in [2.75, 3.05) is 7.11 Å². The van der Waals surface area contributed by atoms with Gasteiger partial charge in [0.25, 0.3) is 0 Å². The van der Waals surface area contributed by atoms with Crippen molar-refractivity contribution in [2.24, 2.45) is 16.2 Å². The number of aromatic nitrogens is 1. The molecule has 0 fully saturated rings. The predicted molar refractivity (Wildman–Crippen MR) is 56.2 cm³/mol. The zero-order valence-electron chi connectivity index (χ0n) is 8.89. The van der Waals surface area contributed by atoms with Crippen molar-refractivity contribution in [3.8, 4) is 0 Å². The normalized spacial score (nSPS) is 10.4.